The molecule has 0 saturated heterocycles. The highest BCUT2D eigenvalue weighted by Crippen LogP contribution is 2.08. The zero-order chi connectivity index (χ0) is 14.4. The Morgan fingerprint density at radius 3 is 2.75 bits per heavy atom. The van der Waals surface area contributed by atoms with Gasteiger partial charge in [0.2, 0.25) is 5.91 Å². The first-order valence-electron chi connectivity index (χ1n) is 5.77. The van der Waals surface area contributed by atoms with Crippen LogP contribution in [0.2, 0.25) is 0 Å². The molecule has 2 rings (SSSR count). The number of aromatic amines is 1. The number of H-pyrrole nitrogens is 1. The van der Waals surface area contributed by atoms with Crippen LogP contribution < -0.4 is 10.6 Å². The van der Waals surface area contributed by atoms with Crippen LogP contribution in [0.5, 0.6) is 0 Å². The van der Waals surface area contributed by atoms with Crippen LogP contribution in [0.3, 0.4) is 0 Å². The lowest BCUT2D eigenvalue weighted by Gasteiger charge is -2.05. The molecule has 0 aliphatic heterocycles. The van der Waals surface area contributed by atoms with Crippen molar-refractivity contribution < 1.29 is 9.59 Å². The number of benzene rings is 1. The summed E-state index contributed by atoms with van der Waals surface area (Å²) >= 11 is 0. The minimum absolute atomic E-state index is 0.197. The molecule has 1 aromatic heterocycles. The van der Waals surface area contributed by atoms with Crippen LogP contribution in [0.15, 0.2) is 36.5 Å². The number of aromatic nitrogens is 2. The summed E-state index contributed by atoms with van der Waals surface area (Å²) in [5.41, 5.74) is 0.701. The van der Waals surface area contributed by atoms with Crippen LogP contribution in [0.4, 0.5) is 5.82 Å². The molecule has 2 amide bonds. The Bertz CT molecular complexity index is 657. The van der Waals surface area contributed by atoms with E-state index in [9.17, 15) is 9.59 Å². The Hall–Kier alpha value is -3.14. The van der Waals surface area contributed by atoms with Crippen molar-refractivity contribution in [2.24, 2.45) is 0 Å². The number of hydrogen-bond acceptors (Lipinski definition) is 4. The van der Waals surface area contributed by atoms with Gasteiger partial charge < -0.3 is 10.6 Å². The summed E-state index contributed by atoms with van der Waals surface area (Å²) in [6, 6.07) is 10.4. The fourth-order valence-electron chi connectivity index (χ4n) is 1.50. The topological polar surface area (TPSA) is 111 Å². The van der Waals surface area contributed by atoms with Gasteiger partial charge in [0.25, 0.3) is 5.91 Å². The van der Waals surface area contributed by atoms with Crippen molar-refractivity contribution in [2.45, 2.75) is 0 Å². The van der Waals surface area contributed by atoms with Crippen molar-refractivity contribution >= 4 is 17.6 Å². The molecule has 100 valence electrons. The molecule has 0 aliphatic rings. The first-order chi connectivity index (χ1) is 9.70. The van der Waals surface area contributed by atoms with E-state index in [1.807, 2.05) is 6.07 Å². The molecule has 0 bridgehead atoms. The molecule has 20 heavy (non-hydrogen) atoms. The van der Waals surface area contributed by atoms with Crippen LogP contribution in [0.25, 0.3) is 0 Å². The number of carbonyl (C=O) groups excluding carboxylic acids is 2. The van der Waals surface area contributed by atoms with E-state index >= 15 is 0 Å². The lowest BCUT2D eigenvalue weighted by molar-refractivity contribution is -0.115. The normalized spacial score (nSPS) is 9.55. The van der Waals surface area contributed by atoms with Crippen molar-refractivity contribution in [1.82, 2.24) is 15.5 Å². The highest BCUT2D eigenvalue weighted by Gasteiger charge is 2.10. The van der Waals surface area contributed by atoms with Crippen molar-refractivity contribution in [2.75, 3.05) is 11.9 Å². The van der Waals surface area contributed by atoms with Crippen LogP contribution in [-0.4, -0.2) is 28.6 Å². The molecule has 0 atom stereocenters. The number of nitriles is 1. The van der Waals surface area contributed by atoms with Crippen molar-refractivity contribution in [1.29, 1.82) is 5.26 Å². The molecule has 0 aliphatic carbocycles. The maximum absolute atomic E-state index is 11.7. The SMILES string of the molecule is N#Cc1cn[nH]c1NC(=O)CNC(=O)c1ccccc1. The number of anilines is 1. The average molecular weight is 269 g/mol. The lowest BCUT2D eigenvalue weighted by atomic mass is 10.2. The summed E-state index contributed by atoms with van der Waals surface area (Å²) < 4.78 is 0. The molecule has 0 saturated carbocycles. The second kappa shape index (κ2) is 6.15. The lowest BCUT2D eigenvalue weighted by Crippen LogP contribution is -2.33. The van der Waals surface area contributed by atoms with Crippen LogP contribution in [0.1, 0.15) is 15.9 Å². The number of rotatable bonds is 4. The van der Waals surface area contributed by atoms with Gasteiger partial charge >= 0.3 is 0 Å². The summed E-state index contributed by atoms with van der Waals surface area (Å²) in [5.74, 6) is -0.577. The van der Waals surface area contributed by atoms with Crippen LogP contribution in [-0.2, 0) is 4.79 Å². The van der Waals surface area contributed by atoms with Gasteiger partial charge in [0.1, 0.15) is 17.5 Å². The zero-order valence-corrected chi connectivity index (χ0v) is 10.4. The first kappa shape index (κ1) is 13.3. The van der Waals surface area contributed by atoms with Crippen molar-refractivity contribution in [3.63, 3.8) is 0 Å². The molecule has 1 aromatic carbocycles. The van der Waals surface area contributed by atoms with Gasteiger partial charge in [-0.3, -0.25) is 14.7 Å². The quantitative estimate of drug-likeness (QED) is 0.756. The second-order valence-electron chi connectivity index (χ2n) is 3.87. The van der Waals surface area contributed by atoms with E-state index < -0.39 is 5.91 Å². The molecule has 0 unspecified atom stereocenters. The predicted octanol–water partition coefficient (Wildman–Crippen LogP) is 0.650. The van der Waals surface area contributed by atoms with Gasteiger partial charge in [-0.05, 0) is 12.1 Å². The van der Waals surface area contributed by atoms with Gasteiger partial charge in [0.05, 0.1) is 12.7 Å². The average Bonchev–Trinajstić information content (AvgIpc) is 2.92. The van der Waals surface area contributed by atoms with E-state index in [0.29, 0.717) is 5.56 Å². The van der Waals surface area contributed by atoms with Gasteiger partial charge in [-0.15, -0.1) is 0 Å². The largest absolute Gasteiger partial charge is 0.343 e. The van der Waals surface area contributed by atoms with E-state index in [1.165, 1.54) is 6.20 Å². The van der Waals surface area contributed by atoms with Gasteiger partial charge in [-0.1, -0.05) is 18.2 Å². The fourth-order valence-corrected chi connectivity index (χ4v) is 1.50. The van der Waals surface area contributed by atoms with Crippen molar-refractivity contribution in [3.05, 3.63) is 47.7 Å². The smallest absolute Gasteiger partial charge is 0.251 e. The predicted molar refractivity (Wildman–Crippen MR) is 70.7 cm³/mol. The highest BCUT2D eigenvalue weighted by atomic mass is 16.2. The number of hydrogen-bond donors (Lipinski definition) is 3. The molecular weight excluding hydrogens is 258 g/mol. The number of nitrogens with one attached hydrogen (secondary N) is 3. The monoisotopic (exact) mass is 269 g/mol. The molecule has 0 radical (unpaired) electrons. The molecule has 3 N–H and O–H groups in total. The summed E-state index contributed by atoms with van der Waals surface area (Å²) in [4.78, 5) is 23.3. The molecule has 1 heterocycles. The maximum Gasteiger partial charge on any atom is 0.251 e. The van der Waals surface area contributed by atoms with Gasteiger partial charge in [-0.25, -0.2) is 0 Å². The van der Waals surface area contributed by atoms with Gasteiger partial charge in [0, 0.05) is 5.56 Å². The Morgan fingerprint density at radius 1 is 1.30 bits per heavy atom. The van der Waals surface area contributed by atoms with E-state index in [-0.39, 0.29) is 23.8 Å². The fraction of sp³-hybridized carbons (Fsp3) is 0.0769. The first-order valence-corrected chi connectivity index (χ1v) is 5.77. The number of carbonyl (C=O) groups is 2. The molecule has 7 nitrogen and oxygen atoms in total. The number of nitrogens with zero attached hydrogens (tertiary/aromatic N) is 2. The summed E-state index contributed by atoms with van der Waals surface area (Å²) in [5, 5.41) is 19.8. The third-order valence-electron chi connectivity index (χ3n) is 2.47. The third-order valence-corrected chi connectivity index (χ3v) is 2.47. The second-order valence-corrected chi connectivity index (χ2v) is 3.87. The van der Waals surface area contributed by atoms with E-state index in [1.54, 1.807) is 30.3 Å². The van der Waals surface area contributed by atoms with Crippen LogP contribution in [0, 0.1) is 11.3 Å². The van der Waals surface area contributed by atoms with E-state index in [4.69, 9.17) is 5.26 Å². The summed E-state index contributed by atoms with van der Waals surface area (Å²) in [6.45, 7) is -0.197. The molecule has 0 fully saturated rings. The maximum atomic E-state index is 11.7. The van der Waals surface area contributed by atoms with E-state index in [2.05, 4.69) is 20.8 Å². The Kier molecular flexibility index (Phi) is 4.09. The molecule has 0 spiro atoms. The summed E-state index contributed by atoms with van der Waals surface area (Å²) in [6.07, 6.45) is 1.30. The molecule has 2 aromatic rings. The Labute approximate surface area is 114 Å². The highest BCUT2D eigenvalue weighted by molar-refractivity contribution is 5.99. The van der Waals surface area contributed by atoms with Gasteiger partial charge in [-0.2, -0.15) is 10.4 Å². The standard InChI is InChI=1S/C13H11N5O2/c14-6-10-7-16-18-12(10)17-11(19)8-15-13(20)9-4-2-1-3-5-9/h1-5,7H,8H2,(H,15,20)(H2,16,17,18,19). The van der Waals surface area contributed by atoms with E-state index in [0.717, 1.165) is 0 Å². The Morgan fingerprint density at radius 2 is 2.05 bits per heavy atom. The summed E-state index contributed by atoms with van der Waals surface area (Å²) in [7, 11) is 0. The zero-order valence-electron chi connectivity index (χ0n) is 10.4. The third kappa shape index (κ3) is 3.20. The minimum atomic E-state index is -0.449. The van der Waals surface area contributed by atoms with Crippen LogP contribution >= 0.6 is 0 Å². The minimum Gasteiger partial charge on any atom is -0.343 e. The Balaban J connectivity index is 1.87. The number of amides is 2. The molecular formula is C13H11N5O2. The van der Waals surface area contributed by atoms with Gasteiger partial charge in [0.15, 0.2) is 0 Å². The van der Waals surface area contributed by atoms with Crippen molar-refractivity contribution in [3.8, 4) is 6.07 Å². The molecule has 7 heteroatoms.